The molecule has 4 aliphatic rings. The van der Waals surface area contributed by atoms with Gasteiger partial charge in [0.05, 0.1) is 6.04 Å². The van der Waals surface area contributed by atoms with Crippen molar-refractivity contribution in [1.82, 2.24) is 15.5 Å². The Morgan fingerprint density at radius 1 is 1.23 bits per heavy atom. The fraction of sp³-hybridized carbons (Fsp3) is 0.692. The van der Waals surface area contributed by atoms with Crippen molar-refractivity contribution >= 4 is 11.8 Å². The van der Waals surface area contributed by atoms with Gasteiger partial charge in [0.15, 0.2) is 0 Å². The van der Waals surface area contributed by atoms with Gasteiger partial charge in [0, 0.05) is 24.4 Å². The minimum atomic E-state index is -0.530. The highest BCUT2D eigenvalue weighted by Crippen LogP contribution is 2.82. The van der Waals surface area contributed by atoms with Gasteiger partial charge >= 0.3 is 0 Å². The predicted molar refractivity (Wildman–Crippen MR) is 122 cm³/mol. The van der Waals surface area contributed by atoms with Crippen LogP contribution < -0.4 is 10.6 Å². The topological polar surface area (TPSA) is 61.4 Å². The second-order valence-electron chi connectivity index (χ2n) is 10.7. The molecule has 0 bridgehead atoms. The SMILES string of the molecule is CCN1C(=O)C(NC(=O)C(NC)C(C)C)C(C)c2ccccc2C2C1C1CCC3CC312. The molecule has 1 spiro atoms. The van der Waals surface area contributed by atoms with Crippen LogP contribution in [0.15, 0.2) is 24.3 Å². The van der Waals surface area contributed by atoms with E-state index in [1.54, 1.807) is 0 Å². The Balaban J connectivity index is 1.56. The highest BCUT2D eigenvalue weighted by Gasteiger charge is 2.78. The lowest BCUT2D eigenvalue weighted by Crippen LogP contribution is -2.66. The molecule has 5 heteroatoms. The number of fused-ring (bicyclic) bond motifs is 4. The molecular weight excluding hydrogens is 386 g/mol. The number of rotatable bonds is 5. The molecule has 5 rings (SSSR count). The molecule has 8 atom stereocenters. The molecule has 168 valence electrons. The van der Waals surface area contributed by atoms with Crippen LogP contribution in [0.25, 0.3) is 0 Å². The smallest absolute Gasteiger partial charge is 0.246 e. The van der Waals surface area contributed by atoms with Crippen LogP contribution in [0.4, 0.5) is 0 Å². The van der Waals surface area contributed by atoms with Crippen molar-refractivity contribution in [2.24, 2.45) is 23.2 Å². The van der Waals surface area contributed by atoms with Crippen molar-refractivity contribution in [3.63, 3.8) is 0 Å². The summed E-state index contributed by atoms with van der Waals surface area (Å²) in [6.07, 6.45) is 3.91. The third-order valence-electron chi connectivity index (χ3n) is 9.18. The van der Waals surface area contributed by atoms with Gasteiger partial charge in [-0.1, -0.05) is 45.0 Å². The molecule has 3 saturated carbocycles. The highest BCUT2D eigenvalue weighted by atomic mass is 16.2. The molecule has 5 nitrogen and oxygen atoms in total. The summed E-state index contributed by atoms with van der Waals surface area (Å²) >= 11 is 0. The quantitative estimate of drug-likeness (QED) is 0.764. The van der Waals surface area contributed by atoms with Crippen molar-refractivity contribution in [3.05, 3.63) is 35.4 Å². The largest absolute Gasteiger partial charge is 0.342 e. The lowest BCUT2D eigenvalue weighted by molar-refractivity contribution is -0.148. The minimum absolute atomic E-state index is 0.0543. The van der Waals surface area contributed by atoms with E-state index in [4.69, 9.17) is 0 Å². The van der Waals surface area contributed by atoms with E-state index in [0.29, 0.717) is 23.8 Å². The number of carbonyl (C=O) groups is 2. The molecule has 1 aromatic rings. The number of nitrogens with one attached hydrogen (secondary N) is 2. The molecule has 1 heterocycles. The van der Waals surface area contributed by atoms with Gasteiger partial charge in [-0.15, -0.1) is 0 Å². The number of likely N-dealkylation sites (N-methyl/N-ethyl adjacent to an activating group) is 2. The highest BCUT2D eigenvalue weighted by molar-refractivity contribution is 5.91. The standard InChI is InChI=1S/C26H37N3O2/c1-6-29-23-19-12-11-16-13-26(16,19)20(23)18-10-8-7-9-17(18)15(4)22(25(29)31)28-24(30)21(27-5)14(2)3/h7-10,14-16,19-23,27H,6,11-13H2,1-5H3,(H,28,30). The predicted octanol–water partition coefficient (Wildman–Crippen LogP) is 3.26. The monoisotopic (exact) mass is 423 g/mol. The van der Waals surface area contributed by atoms with E-state index in [2.05, 4.69) is 53.6 Å². The van der Waals surface area contributed by atoms with Crippen LogP contribution in [-0.2, 0) is 9.59 Å². The fourth-order valence-electron chi connectivity index (χ4n) is 7.74. The van der Waals surface area contributed by atoms with Crippen molar-refractivity contribution in [3.8, 4) is 0 Å². The van der Waals surface area contributed by atoms with Crippen LogP contribution in [0.5, 0.6) is 0 Å². The zero-order valence-electron chi connectivity index (χ0n) is 19.5. The van der Waals surface area contributed by atoms with Gasteiger partial charge in [-0.25, -0.2) is 0 Å². The molecule has 3 aliphatic carbocycles. The number of hydrogen-bond acceptors (Lipinski definition) is 3. The van der Waals surface area contributed by atoms with Gasteiger partial charge in [-0.2, -0.15) is 0 Å². The summed E-state index contributed by atoms with van der Waals surface area (Å²) in [7, 11) is 1.81. The van der Waals surface area contributed by atoms with E-state index < -0.39 is 6.04 Å². The molecule has 0 radical (unpaired) electrons. The Kier molecular flexibility index (Phi) is 4.96. The zero-order valence-corrected chi connectivity index (χ0v) is 19.5. The minimum Gasteiger partial charge on any atom is -0.342 e. The van der Waals surface area contributed by atoms with Crippen LogP contribution in [0.1, 0.15) is 69.9 Å². The van der Waals surface area contributed by atoms with Crippen LogP contribution >= 0.6 is 0 Å². The number of carbonyl (C=O) groups excluding carboxylic acids is 2. The molecule has 0 aromatic heterocycles. The first-order valence-electron chi connectivity index (χ1n) is 12.2. The van der Waals surface area contributed by atoms with Crippen LogP contribution in [0.3, 0.4) is 0 Å². The molecular formula is C26H37N3O2. The van der Waals surface area contributed by atoms with Gasteiger partial charge in [0.2, 0.25) is 11.8 Å². The van der Waals surface area contributed by atoms with Crippen LogP contribution in [-0.4, -0.2) is 48.4 Å². The zero-order chi connectivity index (χ0) is 22.1. The Morgan fingerprint density at radius 3 is 2.55 bits per heavy atom. The number of benzene rings is 1. The van der Waals surface area contributed by atoms with E-state index in [1.165, 1.54) is 30.4 Å². The van der Waals surface area contributed by atoms with Crippen molar-refractivity contribution in [2.45, 2.75) is 76.9 Å². The maximum absolute atomic E-state index is 14.0. The Morgan fingerprint density at radius 2 is 1.94 bits per heavy atom. The summed E-state index contributed by atoms with van der Waals surface area (Å²) < 4.78 is 0. The molecule has 31 heavy (non-hydrogen) atoms. The third kappa shape index (κ3) is 2.78. The normalized spacial score (nSPS) is 38.8. The van der Waals surface area contributed by atoms with Crippen LogP contribution in [0, 0.1) is 23.2 Å². The van der Waals surface area contributed by atoms with E-state index >= 15 is 0 Å². The first-order valence-corrected chi connectivity index (χ1v) is 12.2. The second-order valence-corrected chi connectivity index (χ2v) is 10.7. The third-order valence-corrected chi connectivity index (χ3v) is 9.18. The summed E-state index contributed by atoms with van der Waals surface area (Å²) in [6.45, 7) is 8.98. The Hall–Kier alpha value is -1.88. The number of hydrogen-bond donors (Lipinski definition) is 2. The van der Waals surface area contributed by atoms with E-state index in [9.17, 15) is 9.59 Å². The first-order chi connectivity index (χ1) is 14.9. The Bertz CT molecular complexity index is 898. The fourth-order valence-corrected chi connectivity index (χ4v) is 7.74. The first kappa shape index (κ1) is 21.0. The van der Waals surface area contributed by atoms with Crippen molar-refractivity contribution in [1.29, 1.82) is 0 Å². The molecule has 2 amide bonds. The Labute approximate surface area is 186 Å². The summed E-state index contributed by atoms with van der Waals surface area (Å²) in [6, 6.07) is 8.18. The lowest BCUT2D eigenvalue weighted by atomic mass is 9.53. The number of nitrogens with zero attached hydrogens (tertiary/aromatic N) is 1. The van der Waals surface area contributed by atoms with Gasteiger partial charge < -0.3 is 15.5 Å². The molecule has 1 aromatic carbocycles. The van der Waals surface area contributed by atoms with Gasteiger partial charge in [-0.3, -0.25) is 9.59 Å². The second kappa shape index (κ2) is 7.33. The molecule has 3 fully saturated rings. The molecule has 0 saturated heterocycles. The van der Waals surface area contributed by atoms with Crippen molar-refractivity contribution in [2.75, 3.05) is 13.6 Å². The maximum Gasteiger partial charge on any atom is 0.246 e. The van der Waals surface area contributed by atoms with E-state index in [-0.39, 0.29) is 35.7 Å². The molecule has 1 aliphatic heterocycles. The molecule has 2 N–H and O–H groups in total. The lowest BCUT2D eigenvalue weighted by Gasteiger charge is -2.58. The summed E-state index contributed by atoms with van der Waals surface area (Å²) in [5, 5.41) is 6.29. The average molecular weight is 424 g/mol. The van der Waals surface area contributed by atoms with E-state index in [1.807, 2.05) is 20.9 Å². The molecule has 8 unspecified atom stereocenters. The average Bonchev–Trinajstić information content (AvgIpc) is 3.41. The summed E-state index contributed by atoms with van der Waals surface area (Å²) in [5.74, 6) is 2.07. The maximum atomic E-state index is 14.0. The van der Waals surface area contributed by atoms with Crippen molar-refractivity contribution < 1.29 is 9.59 Å². The number of amides is 2. The summed E-state index contributed by atoms with van der Waals surface area (Å²) in [5.41, 5.74) is 3.13. The summed E-state index contributed by atoms with van der Waals surface area (Å²) in [4.78, 5) is 29.2. The van der Waals surface area contributed by atoms with Gasteiger partial charge in [0.1, 0.15) is 6.04 Å². The van der Waals surface area contributed by atoms with Gasteiger partial charge in [0.25, 0.3) is 0 Å². The van der Waals surface area contributed by atoms with Crippen LogP contribution in [0.2, 0.25) is 0 Å². The van der Waals surface area contributed by atoms with E-state index in [0.717, 1.165) is 5.92 Å². The van der Waals surface area contributed by atoms with Gasteiger partial charge in [-0.05, 0) is 67.5 Å².